The van der Waals surface area contributed by atoms with Gasteiger partial charge < -0.3 is 5.73 Å². The summed E-state index contributed by atoms with van der Waals surface area (Å²) < 4.78 is 48.6. The van der Waals surface area contributed by atoms with E-state index in [1.807, 2.05) is 6.07 Å². The molecule has 0 saturated carbocycles. The van der Waals surface area contributed by atoms with Gasteiger partial charge in [-0.15, -0.1) is 0 Å². The van der Waals surface area contributed by atoms with E-state index in [1.54, 1.807) is 0 Å². The van der Waals surface area contributed by atoms with Crippen molar-refractivity contribution < 1.29 is 16.8 Å². The number of nitrogens with one attached hydrogen (secondary N) is 1. The monoisotopic (exact) mass is 317 g/mol. The van der Waals surface area contributed by atoms with Crippen molar-refractivity contribution >= 4 is 25.5 Å². The van der Waals surface area contributed by atoms with Gasteiger partial charge in [0.2, 0.25) is 10.0 Å². The van der Waals surface area contributed by atoms with E-state index in [4.69, 9.17) is 11.0 Å². The molecule has 7 nitrogen and oxygen atoms in total. The zero-order valence-corrected chi connectivity index (χ0v) is 12.6. The van der Waals surface area contributed by atoms with Crippen molar-refractivity contribution in [3.63, 3.8) is 0 Å². The van der Waals surface area contributed by atoms with Crippen molar-refractivity contribution in [3.05, 3.63) is 23.8 Å². The molecule has 1 aromatic rings. The van der Waals surface area contributed by atoms with Crippen LogP contribution in [-0.2, 0) is 19.9 Å². The normalized spacial score (nSPS) is 13.7. The Bertz CT molecular complexity index is 748. The summed E-state index contributed by atoms with van der Waals surface area (Å²) in [7, 11) is -7.24. The van der Waals surface area contributed by atoms with Crippen LogP contribution in [0.5, 0.6) is 0 Å². The number of nitrogen functional groups attached to an aromatic ring is 1. The maximum Gasteiger partial charge on any atom is 0.242 e. The Labute approximate surface area is 118 Å². The van der Waals surface area contributed by atoms with Crippen LogP contribution < -0.4 is 10.5 Å². The van der Waals surface area contributed by atoms with Crippen LogP contribution in [0.15, 0.2) is 23.1 Å². The molecule has 110 valence electrons. The minimum Gasteiger partial charge on any atom is -0.398 e. The molecule has 9 heteroatoms. The second kappa shape index (κ2) is 5.78. The van der Waals surface area contributed by atoms with Crippen LogP contribution in [0.2, 0.25) is 0 Å². The summed E-state index contributed by atoms with van der Waals surface area (Å²) in [5.41, 5.74) is 5.77. The minimum atomic E-state index is -3.94. The highest BCUT2D eigenvalue weighted by molar-refractivity contribution is 7.91. The average Bonchev–Trinajstić information content (AvgIpc) is 2.24. The van der Waals surface area contributed by atoms with Crippen LogP contribution in [0.3, 0.4) is 0 Å². The highest BCUT2D eigenvalue weighted by Gasteiger charge is 2.22. The summed E-state index contributed by atoms with van der Waals surface area (Å²) >= 11 is 0. The first-order chi connectivity index (χ1) is 9.05. The third kappa shape index (κ3) is 4.48. The lowest BCUT2D eigenvalue weighted by Gasteiger charge is -2.14. The highest BCUT2D eigenvalue weighted by atomic mass is 32.2. The van der Waals surface area contributed by atoms with Crippen molar-refractivity contribution in [2.45, 2.75) is 17.9 Å². The lowest BCUT2D eigenvalue weighted by Crippen LogP contribution is -2.37. The predicted octanol–water partition coefficient (Wildman–Crippen LogP) is -0.148. The van der Waals surface area contributed by atoms with Crippen LogP contribution >= 0.6 is 0 Å². The van der Waals surface area contributed by atoms with E-state index < -0.39 is 25.9 Å². The number of sulfonamides is 1. The first kappa shape index (κ1) is 16.4. The van der Waals surface area contributed by atoms with Crippen LogP contribution in [0.25, 0.3) is 0 Å². The molecular weight excluding hydrogens is 302 g/mol. The van der Waals surface area contributed by atoms with E-state index in [2.05, 4.69) is 4.72 Å². The predicted molar refractivity (Wildman–Crippen MR) is 75.1 cm³/mol. The third-order valence-electron chi connectivity index (χ3n) is 2.34. The standard InChI is InChI=1S/C11H15N3O4S2/c1-8(7-19(2,15)16)14-20(17,18)11-4-3-9(6-12)5-10(11)13/h3-5,8,14H,7,13H2,1-2H3. The first-order valence-corrected chi connectivity index (χ1v) is 9.09. The van der Waals surface area contributed by atoms with Gasteiger partial charge in [-0.1, -0.05) is 0 Å². The molecule has 1 atom stereocenters. The molecule has 1 aromatic carbocycles. The van der Waals surface area contributed by atoms with E-state index in [0.29, 0.717) is 0 Å². The van der Waals surface area contributed by atoms with E-state index >= 15 is 0 Å². The van der Waals surface area contributed by atoms with Crippen molar-refractivity contribution in [3.8, 4) is 6.07 Å². The first-order valence-electron chi connectivity index (χ1n) is 5.55. The van der Waals surface area contributed by atoms with E-state index in [0.717, 1.165) is 6.26 Å². The number of nitrogens with zero attached hydrogens (tertiary/aromatic N) is 1. The molecule has 0 aliphatic rings. The van der Waals surface area contributed by atoms with Gasteiger partial charge in [-0.3, -0.25) is 0 Å². The van der Waals surface area contributed by atoms with Crippen LogP contribution in [0.4, 0.5) is 5.69 Å². The fourth-order valence-corrected chi connectivity index (χ4v) is 4.13. The molecule has 0 radical (unpaired) electrons. The van der Waals surface area contributed by atoms with Gasteiger partial charge in [0.15, 0.2) is 0 Å². The summed E-state index contributed by atoms with van der Waals surface area (Å²) in [6.45, 7) is 1.44. The summed E-state index contributed by atoms with van der Waals surface area (Å²) in [6, 6.07) is 4.84. The topological polar surface area (TPSA) is 130 Å². The second-order valence-corrected chi connectivity index (χ2v) is 8.35. The number of benzene rings is 1. The van der Waals surface area contributed by atoms with Crippen molar-refractivity contribution in [1.82, 2.24) is 4.72 Å². The fourth-order valence-electron chi connectivity index (χ4n) is 1.68. The molecule has 0 aliphatic carbocycles. The van der Waals surface area contributed by atoms with Crippen molar-refractivity contribution in [1.29, 1.82) is 5.26 Å². The Kier molecular flexibility index (Phi) is 4.75. The molecule has 0 saturated heterocycles. The number of rotatable bonds is 5. The van der Waals surface area contributed by atoms with Crippen molar-refractivity contribution in [2.24, 2.45) is 0 Å². The largest absolute Gasteiger partial charge is 0.398 e. The lowest BCUT2D eigenvalue weighted by atomic mass is 10.2. The van der Waals surface area contributed by atoms with Crippen LogP contribution in [0, 0.1) is 11.3 Å². The SMILES string of the molecule is CC(CS(C)(=O)=O)NS(=O)(=O)c1ccc(C#N)cc1N. The smallest absolute Gasteiger partial charge is 0.242 e. The lowest BCUT2D eigenvalue weighted by molar-refractivity contribution is 0.565. The van der Waals surface area contributed by atoms with Crippen LogP contribution in [-0.4, -0.2) is 34.9 Å². The summed E-state index contributed by atoms with van der Waals surface area (Å²) in [4.78, 5) is -0.183. The Balaban J connectivity index is 3.04. The van der Waals surface area contributed by atoms with Gasteiger partial charge in [0.1, 0.15) is 14.7 Å². The molecule has 0 fully saturated rings. The Hall–Kier alpha value is -1.63. The zero-order chi connectivity index (χ0) is 15.6. The molecule has 0 aromatic heterocycles. The van der Waals surface area contributed by atoms with E-state index in [1.165, 1.54) is 25.1 Å². The summed E-state index contributed by atoms with van der Waals surface area (Å²) in [5, 5.41) is 8.69. The number of nitriles is 1. The van der Waals surface area contributed by atoms with Gasteiger partial charge in [-0.05, 0) is 25.1 Å². The molecule has 1 unspecified atom stereocenters. The molecule has 20 heavy (non-hydrogen) atoms. The molecular formula is C11H15N3O4S2. The molecule has 0 heterocycles. The molecule has 3 N–H and O–H groups in total. The Morgan fingerprint density at radius 1 is 1.35 bits per heavy atom. The van der Waals surface area contributed by atoms with E-state index in [-0.39, 0.29) is 21.9 Å². The summed E-state index contributed by atoms with van der Waals surface area (Å²) in [6.07, 6.45) is 1.02. The van der Waals surface area contributed by atoms with Gasteiger partial charge in [0, 0.05) is 12.3 Å². The fraction of sp³-hybridized carbons (Fsp3) is 0.364. The van der Waals surface area contributed by atoms with Gasteiger partial charge in [0.25, 0.3) is 0 Å². The second-order valence-electron chi connectivity index (χ2n) is 4.48. The number of sulfone groups is 1. The van der Waals surface area contributed by atoms with Gasteiger partial charge >= 0.3 is 0 Å². The number of nitrogens with two attached hydrogens (primary N) is 1. The zero-order valence-electron chi connectivity index (χ0n) is 11.0. The number of anilines is 1. The molecule has 0 spiro atoms. The highest BCUT2D eigenvalue weighted by Crippen LogP contribution is 2.19. The van der Waals surface area contributed by atoms with Crippen LogP contribution in [0.1, 0.15) is 12.5 Å². The minimum absolute atomic E-state index is 0.0666. The maximum atomic E-state index is 12.1. The average molecular weight is 317 g/mol. The molecule has 0 aliphatic heterocycles. The number of hydrogen-bond acceptors (Lipinski definition) is 6. The maximum absolute atomic E-state index is 12.1. The quantitative estimate of drug-likeness (QED) is 0.726. The Morgan fingerprint density at radius 3 is 2.40 bits per heavy atom. The third-order valence-corrected chi connectivity index (χ3v) is 5.11. The molecule has 0 amide bonds. The summed E-state index contributed by atoms with van der Waals surface area (Å²) in [5.74, 6) is -0.317. The van der Waals surface area contributed by atoms with E-state index in [9.17, 15) is 16.8 Å². The van der Waals surface area contributed by atoms with Gasteiger partial charge in [-0.25, -0.2) is 21.6 Å². The van der Waals surface area contributed by atoms with Crippen molar-refractivity contribution in [2.75, 3.05) is 17.7 Å². The molecule has 0 bridgehead atoms. The molecule has 1 rings (SSSR count). The van der Waals surface area contributed by atoms with Gasteiger partial charge in [0.05, 0.1) is 23.1 Å². The van der Waals surface area contributed by atoms with Gasteiger partial charge in [-0.2, -0.15) is 5.26 Å². The Morgan fingerprint density at radius 2 is 1.95 bits per heavy atom. The number of hydrogen-bond donors (Lipinski definition) is 2.